The van der Waals surface area contributed by atoms with Gasteiger partial charge in [0.2, 0.25) is 5.91 Å². The number of aryl methyl sites for hydroxylation is 1. The van der Waals surface area contributed by atoms with E-state index >= 15 is 0 Å². The zero-order valence-corrected chi connectivity index (χ0v) is 13.6. The highest BCUT2D eigenvalue weighted by Gasteiger charge is 2.24. The van der Waals surface area contributed by atoms with Crippen molar-refractivity contribution in [1.29, 1.82) is 0 Å². The minimum absolute atomic E-state index is 0.305. The molecule has 1 N–H and O–H groups in total. The molecule has 0 spiro atoms. The summed E-state index contributed by atoms with van der Waals surface area (Å²) >= 11 is 0. The van der Waals surface area contributed by atoms with Crippen molar-refractivity contribution < 1.29 is 4.79 Å². The van der Waals surface area contributed by atoms with E-state index in [0.29, 0.717) is 18.4 Å². The smallest absolute Gasteiger partial charge is 0.224 e. The predicted molar refractivity (Wildman–Crippen MR) is 88.7 cm³/mol. The molecule has 0 saturated carbocycles. The highest BCUT2D eigenvalue weighted by Crippen LogP contribution is 2.21. The number of carbonyl (C=O) groups excluding carboxylic acids is 1. The van der Waals surface area contributed by atoms with Gasteiger partial charge in [-0.15, -0.1) is 0 Å². The largest absolute Gasteiger partial charge is 0.384 e. The Morgan fingerprint density at radius 1 is 1.33 bits per heavy atom. The molecule has 0 bridgehead atoms. The second kappa shape index (κ2) is 7.48. The topological polar surface area (TPSA) is 32.3 Å². The zero-order valence-electron chi connectivity index (χ0n) is 13.6. The van der Waals surface area contributed by atoms with Crippen LogP contribution in [0.4, 0.5) is 5.69 Å². The molecule has 116 valence electrons. The van der Waals surface area contributed by atoms with Gasteiger partial charge in [0.25, 0.3) is 0 Å². The highest BCUT2D eigenvalue weighted by atomic mass is 16.2. The molecular weight excluding hydrogens is 260 g/mol. The van der Waals surface area contributed by atoms with E-state index in [1.54, 1.807) is 0 Å². The third-order valence-corrected chi connectivity index (χ3v) is 4.68. The Bertz CT molecular complexity index is 484. The van der Waals surface area contributed by atoms with Crippen LogP contribution in [0.3, 0.4) is 0 Å². The summed E-state index contributed by atoms with van der Waals surface area (Å²) in [4.78, 5) is 14.5. The van der Waals surface area contributed by atoms with E-state index in [9.17, 15) is 4.79 Å². The van der Waals surface area contributed by atoms with Gasteiger partial charge in [-0.1, -0.05) is 19.1 Å². The summed E-state index contributed by atoms with van der Waals surface area (Å²) in [5, 5.41) is 3.41. The number of anilines is 1. The molecule has 1 heterocycles. The lowest BCUT2D eigenvalue weighted by Gasteiger charge is -2.35. The van der Waals surface area contributed by atoms with Crippen molar-refractivity contribution in [3.63, 3.8) is 0 Å². The predicted octanol–water partition coefficient (Wildman–Crippen LogP) is 3.90. The van der Waals surface area contributed by atoms with E-state index in [1.807, 2.05) is 0 Å². The van der Waals surface area contributed by atoms with Crippen LogP contribution >= 0.6 is 0 Å². The number of benzene rings is 1. The van der Waals surface area contributed by atoms with Crippen LogP contribution in [0.1, 0.15) is 50.2 Å². The lowest BCUT2D eigenvalue weighted by molar-refractivity contribution is -0.134. The van der Waals surface area contributed by atoms with E-state index in [1.165, 1.54) is 24.0 Å². The molecule has 21 heavy (non-hydrogen) atoms. The van der Waals surface area contributed by atoms with Gasteiger partial charge in [-0.05, 0) is 56.7 Å². The zero-order chi connectivity index (χ0) is 15.2. The molecule has 1 aliphatic heterocycles. The molecule has 3 nitrogen and oxygen atoms in total. The second-order valence-corrected chi connectivity index (χ2v) is 6.07. The summed E-state index contributed by atoms with van der Waals surface area (Å²) in [7, 11) is 0. The Hall–Kier alpha value is -1.51. The lowest BCUT2D eigenvalue weighted by atomic mass is 9.99. The fourth-order valence-electron chi connectivity index (χ4n) is 3.14. The molecule has 1 atom stereocenters. The van der Waals surface area contributed by atoms with Crippen LogP contribution in [0.2, 0.25) is 0 Å². The Morgan fingerprint density at radius 2 is 2.14 bits per heavy atom. The second-order valence-electron chi connectivity index (χ2n) is 6.07. The molecule has 3 heteroatoms. The number of carbonyl (C=O) groups is 1. The molecule has 1 unspecified atom stereocenters. The van der Waals surface area contributed by atoms with Crippen LogP contribution in [0.25, 0.3) is 0 Å². The first kappa shape index (κ1) is 15.9. The number of likely N-dealkylation sites (tertiary alicyclic amines) is 1. The molecule has 1 aliphatic rings. The SMILES string of the molecule is CCC1CCCCN1C(=O)CCNc1cccc(C)c1C. The molecule has 0 aromatic heterocycles. The van der Waals surface area contributed by atoms with Crippen molar-refractivity contribution in [2.45, 2.75) is 58.9 Å². The average molecular weight is 288 g/mol. The number of piperidine rings is 1. The molecule has 0 aliphatic carbocycles. The number of nitrogens with one attached hydrogen (secondary N) is 1. The molecule has 1 fully saturated rings. The quantitative estimate of drug-likeness (QED) is 0.891. The summed E-state index contributed by atoms with van der Waals surface area (Å²) in [5.41, 5.74) is 3.70. The van der Waals surface area contributed by atoms with Gasteiger partial charge in [-0.25, -0.2) is 0 Å². The number of nitrogens with zero attached hydrogens (tertiary/aromatic N) is 1. The van der Waals surface area contributed by atoms with Crippen LogP contribution in [-0.4, -0.2) is 29.9 Å². The summed E-state index contributed by atoms with van der Waals surface area (Å²) in [6.45, 7) is 8.09. The molecular formula is C18H28N2O. The molecule has 1 saturated heterocycles. The van der Waals surface area contributed by atoms with Crippen molar-refractivity contribution in [3.8, 4) is 0 Å². The lowest BCUT2D eigenvalue weighted by Crippen LogP contribution is -2.43. The van der Waals surface area contributed by atoms with Gasteiger partial charge in [-0.3, -0.25) is 4.79 Å². The van der Waals surface area contributed by atoms with Crippen LogP contribution in [-0.2, 0) is 4.79 Å². The van der Waals surface area contributed by atoms with Crippen LogP contribution in [0.15, 0.2) is 18.2 Å². The van der Waals surface area contributed by atoms with Gasteiger partial charge in [0.05, 0.1) is 0 Å². The number of amides is 1. The van der Waals surface area contributed by atoms with Gasteiger partial charge in [0.15, 0.2) is 0 Å². The third-order valence-electron chi connectivity index (χ3n) is 4.68. The first-order valence-corrected chi connectivity index (χ1v) is 8.23. The molecule has 1 aromatic carbocycles. The van der Waals surface area contributed by atoms with Crippen LogP contribution < -0.4 is 5.32 Å². The number of hydrogen-bond donors (Lipinski definition) is 1. The fraction of sp³-hybridized carbons (Fsp3) is 0.611. The minimum atomic E-state index is 0.305. The van der Waals surface area contributed by atoms with E-state index in [-0.39, 0.29) is 0 Å². The minimum Gasteiger partial charge on any atom is -0.384 e. The standard InChI is InChI=1S/C18H28N2O/c1-4-16-9-5-6-13-20(16)18(21)11-12-19-17-10-7-8-14(2)15(17)3/h7-8,10,16,19H,4-6,9,11-13H2,1-3H3. The number of rotatable bonds is 5. The van der Waals surface area contributed by atoms with E-state index in [2.05, 4.69) is 49.2 Å². The van der Waals surface area contributed by atoms with E-state index < -0.39 is 0 Å². The molecule has 1 amide bonds. The van der Waals surface area contributed by atoms with E-state index in [4.69, 9.17) is 0 Å². The van der Waals surface area contributed by atoms with E-state index in [0.717, 1.165) is 31.6 Å². The van der Waals surface area contributed by atoms with Crippen molar-refractivity contribution in [2.24, 2.45) is 0 Å². The Balaban J connectivity index is 1.85. The maximum absolute atomic E-state index is 12.4. The normalized spacial score (nSPS) is 18.6. The molecule has 0 radical (unpaired) electrons. The Kier molecular flexibility index (Phi) is 5.66. The van der Waals surface area contributed by atoms with Gasteiger partial charge >= 0.3 is 0 Å². The first-order chi connectivity index (χ1) is 10.1. The summed E-state index contributed by atoms with van der Waals surface area (Å²) < 4.78 is 0. The van der Waals surface area contributed by atoms with Crippen LogP contribution in [0, 0.1) is 13.8 Å². The third kappa shape index (κ3) is 3.99. The monoisotopic (exact) mass is 288 g/mol. The van der Waals surface area contributed by atoms with Gasteiger partial charge < -0.3 is 10.2 Å². The van der Waals surface area contributed by atoms with Gasteiger partial charge in [0, 0.05) is 31.2 Å². The summed E-state index contributed by atoms with van der Waals surface area (Å²) in [6.07, 6.45) is 5.27. The van der Waals surface area contributed by atoms with Gasteiger partial charge in [-0.2, -0.15) is 0 Å². The fourth-order valence-corrected chi connectivity index (χ4v) is 3.14. The number of hydrogen-bond acceptors (Lipinski definition) is 2. The molecule has 2 rings (SSSR count). The maximum Gasteiger partial charge on any atom is 0.224 e. The molecule has 1 aromatic rings. The van der Waals surface area contributed by atoms with Crippen molar-refractivity contribution >= 4 is 11.6 Å². The van der Waals surface area contributed by atoms with Crippen molar-refractivity contribution in [1.82, 2.24) is 4.90 Å². The first-order valence-electron chi connectivity index (χ1n) is 8.23. The highest BCUT2D eigenvalue weighted by molar-refractivity contribution is 5.77. The Labute approximate surface area is 128 Å². The van der Waals surface area contributed by atoms with Crippen molar-refractivity contribution in [2.75, 3.05) is 18.4 Å². The summed E-state index contributed by atoms with van der Waals surface area (Å²) in [5.74, 6) is 0.305. The maximum atomic E-state index is 12.4. The van der Waals surface area contributed by atoms with Crippen LogP contribution in [0.5, 0.6) is 0 Å². The Morgan fingerprint density at radius 3 is 2.90 bits per heavy atom. The average Bonchev–Trinajstić information content (AvgIpc) is 2.51. The summed E-state index contributed by atoms with van der Waals surface area (Å²) in [6, 6.07) is 6.73. The van der Waals surface area contributed by atoms with Crippen molar-refractivity contribution in [3.05, 3.63) is 29.3 Å². The van der Waals surface area contributed by atoms with Gasteiger partial charge in [0.1, 0.15) is 0 Å².